The molecular weight excluding hydrogens is 391 g/mol. The van der Waals surface area contributed by atoms with Crippen LogP contribution in [0.1, 0.15) is 33.9 Å². The lowest BCUT2D eigenvalue weighted by Crippen LogP contribution is -2.48. The van der Waals surface area contributed by atoms with Crippen LogP contribution in [0.15, 0.2) is 48.5 Å². The summed E-state index contributed by atoms with van der Waals surface area (Å²) in [6.07, 6.45) is -0.0872. The number of fused-ring (bicyclic) bond motifs is 1. The van der Waals surface area contributed by atoms with Gasteiger partial charge in [-0.3, -0.25) is 9.59 Å². The highest BCUT2D eigenvalue weighted by Gasteiger charge is 2.28. The van der Waals surface area contributed by atoms with Crippen LogP contribution in [-0.2, 0) is 4.74 Å². The van der Waals surface area contributed by atoms with Crippen molar-refractivity contribution >= 4 is 38.9 Å². The summed E-state index contributed by atoms with van der Waals surface area (Å²) in [5.74, 6) is -0.871. The molecule has 2 atom stereocenters. The van der Waals surface area contributed by atoms with Crippen molar-refractivity contribution in [1.29, 1.82) is 0 Å². The number of benzene rings is 2. The monoisotopic (exact) mass is 412 g/mol. The first-order valence-corrected chi connectivity index (χ1v) is 10.3. The van der Waals surface area contributed by atoms with E-state index in [-0.39, 0.29) is 29.8 Å². The summed E-state index contributed by atoms with van der Waals surface area (Å²) in [6.45, 7) is 4.87. The molecule has 0 saturated carbocycles. The molecule has 2 amide bonds. The quantitative estimate of drug-likeness (QED) is 0.687. The predicted octanol–water partition coefficient (Wildman–Crippen LogP) is 4.54. The Balaban J connectivity index is 1.58. The fourth-order valence-electron chi connectivity index (χ4n) is 3.61. The van der Waals surface area contributed by atoms with Crippen molar-refractivity contribution in [1.82, 2.24) is 4.90 Å². The van der Waals surface area contributed by atoms with Gasteiger partial charge >= 0.3 is 0 Å². The zero-order chi connectivity index (χ0) is 20.5. The number of thiophene rings is 1. The Morgan fingerprint density at radius 3 is 2.55 bits per heavy atom. The van der Waals surface area contributed by atoms with E-state index in [1.807, 2.05) is 13.8 Å². The normalized spacial score (nSPS) is 19.3. The number of para-hydroxylation sites is 1. The van der Waals surface area contributed by atoms with Crippen LogP contribution in [0.2, 0.25) is 0 Å². The Kier molecular flexibility index (Phi) is 5.34. The van der Waals surface area contributed by atoms with Gasteiger partial charge in [0.05, 0.1) is 28.3 Å². The number of carbonyl (C=O) groups is 2. The van der Waals surface area contributed by atoms with Gasteiger partial charge in [0.2, 0.25) is 0 Å². The number of anilines is 1. The van der Waals surface area contributed by atoms with Gasteiger partial charge in [0, 0.05) is 23.2 Å². The van der Waals surface area contributed by atoms with Crippen molar-refractivity contribution in [3.05, 3.63) is 64.8 Å². The molecule has 150 valence electrons. The van der Waals surface area contributed by atoms with E-state index in [0.29, 0.717) is 39.3 Å². The van der Waals surface area contributed by atoms with Crippen LogP contribution in [-0.4, -0.2) is 42.0 Å². The zero-order valence-corrected chi connectivity index (χ0v) is 17.0. The lowest BCUT2D eigenvalue weighted by Gasteiger charge is -2.35. The third-order valence-corrected chi connectivity index (χ3v) is 5.94. The summed E-state index contributed by atoms with van der Waals surface area (Å²) in [7, 11) is 0. The molecule has 1 saturated heterocycles. The molecule has 1 aromatic heterocycles. The van der Waals surface area contributed by atoms with Crippen LogP contribution in [0.25, 0.3) is 10.1 Å². The van der Waals surface area contributed by atoms with Gasteiger partial charge in [0.15, 0.2) is 0 Å². The number of nitrogens with one attached hydrogen (secondary N) is 1. The van der Waals surface area contributed by atoms with E-state index in [1.54, 1.807) is 47.4 Å². The topological polar surface area (TPSA) is 58.6 Å². The van der Waals surface area contributed by atoms with Gasteiger partial charge < -0.3 is 15.0 Å². The highest BCUT2D eigenvalue weighted by Crippen LogP contribution is 2.29. The fraction of sp³-hybridized carbons (Fsp3) is 0.273. The summed E-state index contributed by atoms with van der Waals surface area (Å²) in [6, 6.07) is 13.2. The molecule has 2 unspecified atom stereocenters. The summed E-state index contributed by atoms with van der Waals surface area (Å²) in [5.41, 5.74) is 0.863. The Hall–Kier alpha value is -2.77. The number of carbonyl (C=O) groups excluding carboxylic acids is 2. The van der Waals surface area contributed by atoms with Crippen LogP contribution in [0.5, 0.6) is 0 Å². The van der Waals surface area contributed by atoms with Gasteiger partial charge in [0.25, 0.3) is 11.8 Å². The number of ether oxygens (including phenoxy) is 1. The molecule has 0 bridgehead atoms. The van der Waals surface area contributed by atoms with E-state index >= 15 is 0 Å². The first-order chi connectivity index (χ1) is 13.9. The lowest BCUT2D eigenvalue weighted by atomic mass is 10.1. The van der Waals surface area contributed by atoms with Crippen LogP contribution in [0.3, 0.4) is 0 Å². The summed E-state index contributed by atoms with van der Waals surface area (Å²) in [5, 5.41) is 3.24. The molecule has 29 heavy (non-hydrogen) atoms. The molecule has 5 nitrogen and oxygen atoms in total. The van der Waals surface area contributed by atoms with Gasteiger partial charge in [-0.1, -0.05) is 18.2 Å². The van der Waals surface area contributed by atoms with Crippen LogP contribution >= 0.6 is 11.3 Å². The minimum atomic E-state index is -0.366. The van der Waals surface area contributed by atoms with Crippen molar-refractivity contribution in [2.45, 2.75) is 26.1 Å². The van der Waals surface area contributed by atoms with Crippen LogP contribution < -0.4 is 5.32 Å². The van der Waals surface area contributed by atoms with E-state index < -0.39 is 0 Å². The lowest BCUT2D eigenvalue weighted by molar-refractivity contribution is -0.0585. The van der Waals surface area contributed by atoms with Gasteiger partial charge in [-0.05, 0) is 44.2 Å². The Labute approximate surface area is 172 Å². The number of hydrogen-bond acceptors (Lipinski definition) is 4. The number of nitrogens with zero attached hydrogens (tertiary/aromatic N) is 1. The predicted molar refractivity (Wildman–Crippen MR) is 112 cm³/mol. The molecule has 1 fully saturated rings. The van der Waals surface area contributed by atoms with Gasteiger partial charge in [-0.15, -0.1) is 11.3 Å². The van der Waals surface area contributed by atoms with Crippen molar-refractivity contribution in [3.63, 3.8) is 0 Å². The van der Waals surface area contributed by atoms with Crippen molar-refractivity contribution in [2.24, 2.45) is 0 Å². The molecule has 7 heteroatoms. The molecule has 0 radical (unpaired) electrons. The minimum absolute atomic E-state index is 0.0436. The first-order valence-electron chi connectivity index (χ1n) is 9.45. The molecule has 1 aliphatic rings. The highest BCUT2D eigenvalue weighted by molar-refractivity contribution is 7.20. The molecule has 2 heterocycles. The highest BCUT2D eigenvalue weighted by atomic mass is 32.1. The Morgan fingerprint density at radius 2 is 1.83 bits per heavy atom. The molecule has 3 aromatic rings. The molecule has 0 aliphatic carbocycles. The maximum absolute atomic E-state index is 13.9. The SMILES string of the molecule is CC1CN(C(=O)c2ccccc2NC(=O)c2cc3c(F)cccc3s2)CC(C)O1. The fourth-order valence-corrected chi connectivity index (χ4v) is 4.58. The van der Waals surface area contributed by atoms with Gasteiger partial charge in [-0.25, -0.2) is 4.39 Å². The smallest absolute Gasteiger partial charge is 0.265 e. The first kappa shape index (κ1) is 19.5. The maximum Gasteiger partial charge on any atom is 0.265 e. The second kappa shape index (κ2) is 7.93. The van der Waals surface area contributed by atoms with E-state index in [9.17, 15) is 14.0 Å². The summed E-state index contributed by atoms with van der Waals surface area (Å²) >= 11 is 1.22. The number of morpholine rings is 1. The minimum Gasteiger partial charge on any atom is -0.372 e. The molecule has 2 aromatic carbocycles. The largest absolute Gasteiger partial charge is 0.372 e. The van der Waals surface area contributed by atoms with Crippen molar-refractivity contribution < 1.29 is 18.7 Å². The van der Waals surface area contributed by atoms with E-state index in [1.165, 1.54) is 17.4 Å². The number of halogens is 1. The number of amides is 2. The second-order valence-electron chi connectivity index (χ2n) is 7.23. The average Bonchev–Trinajstić information content (AvgIpc) is 3.13. The second-order valence-corrected chi connectivity index (χ2v) is 8.31. The van der Waals surface area contributed by atoms with Crippen molar-refractivity contribution in [3.8, 4) is 0 Å². The Morgan fingerprint density at radius 1 is 1.10 bits per heavy atom. The molecule has 0 spiro atoms. The van der Waals surface area contributed by atoms with E-state index in [4.69, 9.17) is 4.74 Å². The van der Waals surface area contributed by atoms with Crippen LogP contribution in [0.4, 0.5) is 10.1 Å². The Bertz CT molecular complexity index is 1070. The van der Waals surface area contributed by atoms with E-state index in [2.05, 4.69) is 5.32 Å². The third kappa shape index (κ3) is 4.02. The van der Waals surface area contributed by atoms with Gasteiger partial charge in [-0.2, -0.15) is 0 Å². The molecular formula is C22H21FN2O3S. The maximum atomic E-state index is 13.9. The summed E-state index contributed by atoms with van der Waals surface area (Å²) in [4.78, 5) is 28.0. The standard InChI is InChI=1S/C22H21FN2O3S/c1-13-11-25(12-14(2)28-13)22(27)15-6-3-4-8-18(15)24-21(26)20-10-16-17(23)7-5-9-19(16)29-20/h3-10,13-14H,11-12H2,1-2H3,(H,24,26). The molecule has 4 rings (SSSR count). The zero-order valence-electron chi connectivity index (χ0n) is 16.1. The number of hydrogen-bond donors (Lipinski definition) is 1. The number of rotatable bonds is 3. The molecule has 1 N–H and O–H groups in total. The van der Waals surface area contributed by atoms with Gasteiger partial charge in [0.1, 0.15) is 5.82 Å². The average molecular weight is 412 g/mol. The molecule has 1 aliphatic heterocycles. The third-order valence-electron chi connectivity index (χ3n) is 4.84. The van der Waals surface area contributed by atoms with Crippen molar-refractivity contribution in [2.75, 3.05) is 18.4 Å². The van der Waals surface area contributed by atoms with E-state index in [0.717, 1.165) is 0 Å². The summed E-state index contributed by atoms with van der Waals surface area (Å²) < 4.78 is 20.3. The van der Waals surface area contributed by atoms with Crippen LogP contribution in [0, 0.1) is 5.82 Å².